The molecule has 0 radical (unpaired) electrons. The number of benzene rings is 1. The molecule has 1 aliphatic heterocycles. The van der Waals surface area contributed by atoms with Crippen molar-refractivity contribution in [3.8, 4) is 0 Å². The van der Waals surface area contributed by atoms with E-state index in [2.05, 4.69) is 10.6 Å². The van der Waals surface area contributed by atoms with Crippen molar-refractivity contribution in [1.29, 1.82) is 0 Å². The van der Waals surface area contributed by atoms with Crippen molar-refractivity contribution in [2.45, 2.75) is 23.8 Å². The van der Waals surface area contributed by atoms with E-state index in [0.717, 1.165) is 4.31 Å². The topological polar surface area (TPSA) is 95.6 Å². The highest BCUT2D eigenvalue weighted by molar-refractivity contribution is 7.89. The quantitative estimate of drug-likeness (QED) is 0.772. The number of anilines is 1. The van der Waals surface area contributed by atoms with Gasteiger partial charge in [0.15, 0.2) is 0 Å². The van der Waals surface area contributed by atoms with Crippen molar-refractivity contribution in [2.75, 3.05) is 19.4 Å². The number of hydrogen-bond donors (Lipinski definition) is 2. The van der Waals surface area contributed by atoms with Crippen LogP contribution >= 0.6 is 0 Å². The molecule has 7 nitrogen and oxygen atoms in total. The third-order valence-corrected chi connectivity index (χ3v) is 5.04. The normalized spacial score (nSPS) is 19.5. The monoisotopic (exact) mass is 311 g/mol. The van der Waals surface area contributed by atoms with Gasteiger partial charge in [0.05, 0.1) is 4.90 Å². The zero-order chi connectivity index (χ0) is 15.6. The molecule has 2 rings (SSSR count). The van der Waals surface area contributed by atoms with Crippen LogP contribution in [0, 0.1) is 0 Å². The lowest BCUT2D eigenvalue weighted by Gasteiger charge is -2.22. The van der Waals surface area contributed by atoms with Crippen LogP contribution in [-0.2, 0) is 19.6 Å². The number of amides is 2. The summed E-state index contributed by atoms with van der Waals surface area (Å²) in [5.41, 5.74) is 0.627. The van der Waals surface area contributed by atoms with Gasteiger partial charge < -0.3 is 5.32 Å². The van der Waals surface area contributed by atoms with E-state index in [1.807, 2.05) is 0 Å². The van der Waals surface area contributed by atoms with Crippen LogP contribution in [0.4, 0.5) is 5.69 Å². The summed E-state index contributed by atoms with van der Waals surface area (Å²) in [5.74, 6) is -0.637. The molecule has 1 unspecified atom stereocenters. The van der Waals surface area contributed by atoms with E-state index < -0.39 is 16.1 Å². The summed E-state index contributed by atoms with van der Waals surface area (Å²) in [7, 11) is -0.537. The number of carbonyl (C=O) groups is 2. The molecule has 1 aliphatic rings. The molecule has 1 heterocycles. The van der Waals surface area contributed by atoms with E-state index in [9.17, 15) is 18.0 Å². The first-order valence-electron chi connectivity index (χ1n) is 6.43. The molecule has 0 saturated carbocycles. The molecule has 1 aromatic carbocycles. The molecule has 8 heteroatoms. The molecule has 1 aromatic rings. The van der Waals surface area contributed by atoms with Crippen molar-refractivity contribution in [3.05, 3.63) is 24.3 Å². The maximum absolute atomic E-state index is 11.9. The van der Waals surface area contributed by atoms with Crippen molar-refractivity contribution in [1.82, 2.24) is 9.62 Å². The largest absolute Gasteiger partial charge is 0.374 e. The molecule has 21 heavy (non-hydrogen) atoms. The number of carbonyl (C=O) groups excluding carboxylic acids is 2. The molecule has 2 N–H and O–H groups in total. The Balaban J connectivity index is 2.10. The SMILES string of the molecule is CN(C)S(=O)(=O)c1ccc(NC2CCC(=O)NC2=O)cc1. The predicted molar refractivity (Wildman–Crippen MR) is 77.1 cm³/mol. The van der Waals surface area contributed by atoms with Gasteiger partial charge in [0.25, 0.3) is 0 Å². The van der Waals surface area contributed by atoms with Crippen LogP contribution in [0.3, 0.4) is 0 Å². The van der Waals surface area contributed by atoms with Gasteiger partial charge in [-0.3, -0.25) is 14.9 Å². The van der Waals surface area contributed by atoms with E-state index in [0.29, 0.717) is 12.1 Å². The number of sulfonamides is 1. The Morgan fingerprint density at radius 1 is 1.19 bits per heavy atom. The highest BCUT2D eigenvalue weighted by Crippen LogP contribution is 2.18. The zero-order valence-electron chi connectivity index (χ0n) is 11.8. The lowest BCUT2D eigenvalue weighted by molar-refractivity contribution is -0.133. The second kappa shape index (κ2) is 5.82. The number of imide groups is 1. The van der Waals surface area contributed by atoms with E-state index in [1.54, 1.807) is 12.1 Å². The van der Waals surface area contributed by atoms with Crippen LogP contribution in [0.5, 0.6) is 0 Å². The van der Waals surface area contributed by atoms with Crippen LogP contribution in [0.1, 0.15) is 12.8 Å². The Bertz CT molecular complexity index is 652. The smallest absolute Gasteiger partial charge is 0.249 e. The van der Waals surface area contributed by atoms with Crippen LogP contribution in [0.15, 0.2) is 29.2 Å². The molecule has 0 bridgehead atoms. The van der Waals surface area contributed by atoms with Crippen LogP contribution < -0.4 is 10.6 Å². The van der Waals surface area contributed by atoms with Gasteiger partial charge in [0.1, 0.15) is 6.04 Å². The maximum Gasteiger partial charge on any atom is 0.249 e. The first-order valence-corrected chi connectivity index (χ1v) is 7.87. The van der Waals surface area contributed by atoms with E-state index in [1.165, 1.54) is 26.2 Å². The number of hydrogen-bond acceptors (Lipinski definition) is 5. The number of nitrogens with one attached hydrogen (secondary N) is 2. The fraction of sp³-hybridized carbons (Fsp3) is 0.385. The summed E-state index contributed by atoms with van der Waals surface area (Å²) in [6.45, 7) is 0. The number of piperidine rings is 1. The maximum atomic E-state index is 11.9. The third-order valence-electron chi connectivity index (χ3n) is 3.21. The first-order chi connectivity index (χ1) is 9.80. The highest BCUT2D eigenvalue weighted by Gasteiger charge is 2.26. The fourth-order valence-corrected chi connectivity index (χ4v) is 2.87. The minimum Gasteiger partial charge on any atom is -0.374 e. The van der Waals surface area contributed by atoms with Gasteiger partial charge in [0, 0.05) is 26.2 Å². The summed E-state index contributed by atoms with van der Waals surface area (Å²) < 4.78 is 25.0. The minimum atomic E-state index is -3.46. The zero-order valence-corrected chi connectivity index (χ0v) is 12.6. The molecule has 1 saturated heterocycles. The lowest BCUT2D eigenvalue weighted by Crippen LogP contribution is -2.47. The van der Waals surface area contributed by atoms with Crippen molar-refractivity contribution in [3.63, 3.8) is 0 Å². The summed E-state index contributed by atoms with van der Waals surface area (Å²) in [6.07, 6.45) is 0.707. The summed E-state index contributed by atoms with van der Waals surface area (Å²) in [4.78, 5) is 22.9. The average molecular weight is 311 g/mol. The summed E-state index contributed by atoms with van der Waals surface area (Å²) in [5, 5.41) is 5.24. The standard InChI is InChI=1S/C13H17N3O4S/c1-16(2)21(19,20)10-5-3-9(4-6-10)14-11-7-8-12(17)15-13(11)18/h3-6,11,14H,7-8H2,1-2H3,(H,15,17,18). The van der Waals surface area contributed by atoms with Gasteiger partial charge in [-0.2, -0.15) is 0 Å². The second-order valence-electron chi connectivity index (χ2n) is 4.96. The molecule has 2 amide bonds. The van der Waals surface area contributed by atoms with Gasteiger partial charge >= 0.3 is 0 Å². The highest BCUT2D eigenvalue weighted by atomic mass is 32.2. The Morgan fingerprint density at radius 3 is 2.33 bits per heavy atom. The molecule has 0 aromatic heterocycles. The Hall–Kier alpha value is -1.93. The van der Waals surface area contributed by atoms with Crippen LogP contribution in [0.25, 0.3) is 0 Å². The Labute approximate surface area is 123 Å². The van der Waals surface area contributed by atoms with Crippen LogP contribution in [-0.4, -0.2) is 44.7 Å². The van der Waals surface area contributed by atoms with E-state index >= 15 is 0 Å². The third kappa shape index (κ3) is 3.40. The molecular formula is C13H17N3O4S. The molecule has 0 spiro atoms. The lowest BCUT2D eigenvalue weighted by atomic mass is 10.1. The summed E-state index contributed by atoms with van der Waals surface area (Å²) in [6, 6.07) is 5.66. The average Bonchev–Trinajstić information content (AvgIpc) is 2.42. The van der Waals surface area contributed by atoms with Gasteiger partial charge in [0.2, 0.25) is 21.8 Å². The Kier molecular flexibility index (Phi) is 4.29. The predicted octanol–water partition coefficient (Wildman–Crippen LogP) is 0.154. The number of nitrogens with zero attached hydrogens (tertiary/aromatic N) is 1. The van der Waals surface area contributed by atoms with Crippen molar-refractivity contribution >= 4 is 27.5 Å². The summed E-state index contributed by atoms with van der Waals surface area (Å²) >= 11 is 0. The minimum absolute atomic E-state index is 0.182. The van der Waals surface area contributed by atoms with Crippen molar-refractivity contribution < 1.29 is 18.0 Å². The van der Waals surface area contributed by atoms with Crippen molar-refractivity contribution in [2.24, 2.45) is 0 Å². The first kappa shape index (κ1) is 15.5. The Morgan fingerprint density at radius 2 is 1.81 bits per heavy atom. The molecular weight excluding hydrogens is 294 g/mol. The van der Waals surface area contributed by atoms with E-state index in [4.69, 9.17) is 0 Å². The van der Waals surface area contributed by atoms with Gasteiger partial charge in [-0.1, -0.05) is 0 Å². The van der Waals surface area contributed by atoms with Gasteiger partial charge in [-0.15, -0.1) is 0 Å². The molecule has 0 aliphatic carbocycles. The molecule has 114 valence electrons. The van der Waals surface area contributed by atoms with Crippen LogP contribution in [0.2, 0.25) is 0 Å². The fourth-order valence-electron chi connectivity index (χ4n) is 1.97. The van der Waals surface area contributed by atoms with Gasteiger partial charge in [-0.25, -0.2) is 12.7 Å². The second-order valence-corrected chi connectivity index (χ2v) is 7.11. The van der Waals surface area contributed by atoms with E-state index in [-0.39, 0.29) is 23.1 Å². The molecule has 1 atom stereocenters. The number of rotatable bonds is 4. The molecule has 1 fully saturated rings. The van der Waals surface area contributed by atoms with Gasteiger partial charge in [-0.05, 0) is 30.7 Å².